The number of halogens is 3. The third kappa shape index (κ3) is 6.69. The predicted molar refractivity (Wildman–Crippen MR) is 41.4 cm³/mol. The standard InChI is InChI=1S/C5H6Cl3O3/c1-3(9)4(10)11-2-5(6,7)8/h3H,2H2,1H3. The van der Waals surface area contributed by atoms with Crippen molar-refractivity contribution in [3.8, 4) is 0 Å². The van der Waals surface area contributed by atoms with Gasteiger partial charge in [0, 0.05) is 0 Å². The van der Waals surface area contributed by atoms with Gasteiger partial charge >= 0.3 is 5.97 Å². The van der Waals surface area contributed by atoms with Crippen molar-refractivity contribution in [3.63, 3.8) is 0 Å². The molecule has 0 aromatic rings. The van der Waals surface area contributed by atoms with Gasteiger partial charge in [-0.05, 0) is 6.92 Å². The van der Waals surface area contributed by atoms with E-state index in [0.29, 0.717) is 0 Å². The van der Waals surface area contributed by atoms with Crippen molar-refractivity contribution >= 4 is 40.8 Å². The number of carbonyl (C=O) groups excluding carboxylic acids is 1. The first-order valence-corrected chi connectivity index (χ1v) is 3.85. The lowest BCUT2D eigenvalue weighted by molar-refractivity contribution is -0.155. The molecule has 0 aliphatic carbocycles. The van der Waals surface area contributed by atoms with Gasteiger partial charge in [0.2, 0.25) is 3.79 Å². The van der Waals surface area contributed by atoms with E-state index in [1.807, 2.05) is 0 Å². The van der Waals surface area contributed by atoms with Gasteiger partial charge < -0.3 is 4.74 Å². The van der Waals surface area contributed by atoms with E-state index in [-0.39, 0.29) is 0 Å². The summed E-state index contributed by atoms with van der Waals surface area (Å²) in [6, 6.07) is 0. The van der Waals surface area contributed by atoms with Gasteiger partial charge in [-0.3, -0.25) is 0 Å². The molecule has 0 heterocycles. The van der Waals surface area contributed by atoms with Crippen molar-refractivity contribution in [3.05, 3.63) is 0 Å². The lowest BCUT2D eigenvalue weighted by Gasteiger charge is -2.11. The van der Waals surface area contributed by atoms with E-state index in [1.165, 1.54) is 0 Å². The van der Waals surface area contributed by atoms with Gasteiger partial charge in [-0.1, -0.05) is 34.8 Å². The molecular weight excluding hydrogens is 214 g/mol. The molecule has 0 N–H and O–H groups in total. The van der Waals surface area contributed by atoms with Crippen molar-refractivity contribution in [2.24, 2.45) is 0 Å². The fourth-order valence-corrected chi connectivity index (χ4v) is 0.434. The maximum absolute atomic E-state index is 10.5. The Morgan fingerprint density at radius 2 is 2.00 bits per heavy atom. The van der Waals surface area contributed by atoms with Crippen LogP contribution in [0.1, 0.15) is 6.92 Å². The van der Waals surface area contributed by atoms with Crippen molar-refractivity contribution in [2.45, 2.75) is 16.8 Å². The maximum atomic E-state index is 10.5. The predicted octanol–water partition coefficient (Wildman–Crippen LogP) is 1.72. The van der Waals surface area contributed by atoms with Crippen LogP contribution in [0.2, 0.25) is 0 Å². The van der Waals surface area contributed by atoms with Gasteiger partial charge in [0.25, 0.3) is 0 Å². The minimum absolute atomic E-state index is 0.400. The molecule has 0 aliphatic rings. The normalized spacial score (nSPS) is 14.3. The summed E-state index contributed by atoms with van der Waals surface area (Å²) in [5.41, 5.74) is 0. The number of hydrogen-bond donors (Lipinski definition) is 0. The van der Waals surface area contributed by atoms with Crippen LogP contribution in [0.25, 0.3) is 0 Å². The highest BCUT2D eigenvalue weighted by molar-refractivity contribution is 6.67. The minimum atomic E-state index is -1.65. The molecule has 0 amide bonds. The second kappa shape index (κ2) is 4.36. The van der Waals surface area contributed by atoms with Crippen molar-refractivity contribution < 1.29 is 14.6 Å². The van der Waals surface area contributed by atoms with Crippen LogP contribution in [0.5, 0.6) is 0 Å². The molecule has 1 radical (unpaired) electrons. The van der Waals surface area contributed by atoms with E-state index in [4.69, 9.17) is 34.8 Å². The Kier molecular flexibility index (Phi) is 4.48. The lowest BCUT2D eigenvalue weighted by Crippen LogP contribution is -2.23. The topological polar surface area (TPSA) is 46.2 Å². The van der Waals surface area contributed by atoms with Crippen molar-refractivity contribution in [2.75, 3.05) is 6.61 Å². The van der Waals surface area contributed by atoms with Crippen molar-refractivity contribution in [1.82, 2.24) is 0 Å². The number of ether oxygens (including phenoxy) is 1. The average molecular weight is 220 g/mol. The molecule has 3 nitrogen and oxygen atoms in total. The first kappa shape index (κ1) is 11.3. The summed E-state index contributed by atoms with van der Waals surface area (Å²) >= 11 is 15.7. The average Bonchev–Trinajstić information content (AvgIpc) is 1.80. The summed E-state index contributed by atoms with van der Waals surface area (Å²) in [4.78, 5) is 10.5. The van der Waals surface area contributed by atoms with E-state index < -0.39 is 22.5 Å². The molecule has 0 aromatic carbocycles. The fraction of sp³-hybridized carbons (Fsp3) is 0.800. The summed E-state index contributed by atoms with van der Waals surface area (Å²) in [5, 5.41) is 10.3. The molecular formula is C5H6Cl3O3. The van der Waals surface area contributed by atoms with Crippen molar-refractivity contribution in [1.29, 1.82) is 0 Å². The largest absolute Gasteiger partial charge is 0.459 e. The third-order valence-electron chi connectivity index (χ3n) is 0.710. The summed E-state index contributed by atoms with van der Waals surface area (Å²) in [6.07, 6.45) is -1.44. The van der Waals surface area contributed by atoms with Gasteiger partial charge in [0.1, 0.15) is 6.61 Å². The zero-order valence-electron chi connectivity index (χ0n) is 5.64. The second-order valence-corrected chi connectivity index (χ2v) is 4.38. The van der Waals surface area contributed by atoms with Gasteiger partial charge in [-0.15, -0.1) is 0 Å². The minimum Gasteiger partial charge on any atom is -0.459 e. The zero-order valence-corrected chi connectivity index (χ0v) is 7.91. The molecule has 0 saturated carbocycles. The zero-order chi connectivity index (χ0) is 9.07. The molecule has 65 valence electrons. The SMILES string of the molecule is CC([O])C(=O)OCC(Cl)(Cl)Cl. The molecule has 6 heteroatoms. The van der Waals surface area contributed by atoms with E-state index >= 15 is 0 Å². The second-order valence-electron chi connectivity index (χ2n) is 1.87. The Morgan fingerprint density at radius 3 is 2.27 bits per heavy atom. The quantitative estimate of drug-likeness (QED) is 0.525. The van der Waals surface area contributed by atoms with Crippen LogP contribution in [0.4, 0.5) is 0 Å². The van der Waals surface area contributed by atoms with Gasteiger partial charge in [-0.2, -0.15) is 0 Å². The number of carbonyl (C=O) groups is 1. The summed E-state index contributed by atoms with van der Waals surface area (Å²) in [6.45, 7) is 0.754. The highest BCUT2D eigenvalue weighted by Crippen LogP contribution is 2.25. The number of hydrogen-bond acceptors (Lipinski definition) is 2. The molecule has 11 heavy (non-hydrogen) atoms. The van der Waals surface area contributed by atoms with Gasteiger partial charge in [-0.25, -0.2) is 9.90 Å². The molecule has 0 fully saturated rings. The van der Waals surface area contributed by atoms with E-state index in [9.17, 15) is 9.90 Å². The monoisotopic (exact) mass is 219 g/mol. The van der Waals surface area contributed by atoms with E-state index in [1.54, 1.807) is 0 Å². The molecule has 0 aromatic heterocycles. The first-order valence-electron chi connectivity index (χ1n) is 2.72. The molecule has 0 aliphatic heterocycles. The Labute approximate surface area is 79.2 Å². The van der Waals surface area contributed by atoms with Crippen LogP contribution in [0, 0.1) is 0 Å². The highest BCUT2D eigenvalue weighted by atomic mass is 35.6. The van der Waals surface area contributed by atoms with Crippen LogP contribution in [0.15, 0.2) is 0 Å². The number of esters is 1. The molecule has 0 rings (SSSR count). The fourth-order valence-electron chi connectivity index (χ4n) is 0.270. The van der Waals surface area contributed by atoms with Gasteiger partial charge in [0.05, 0.1) is 0 Å². The summed E-state index contributed by atoms with van der Waals surface area (Å²) < 4.78 is 2.67. The van der Waals surface area contributed by atoms with E-state index in [2.05, 4.69) is 4.74 Å². The van der Waals surface area contributed by atoms with Crippen LogP contribution in [0.3, 0.4) is 0 Å². The number of alkyl halides is 3. The highest BCUT2D eigenvalue weighted by Gasteiger charge is 2.23. The number of rotatable bonds is 2. The van der Waals surface area contributed by atoms with Crippen LogP contribution >= 0.6 is 34.8 Å². The molecule has 1 atom stereocenters. The summed E-state index contributed by atoms with van der Waals surface area (Å²) in [7, 11) is 0. The van der Waals surface area contributed by atoms with Crippen LogP contribution < -0.4 is 0 Å². The molecule has 0 saturated heterocycles. The van der Waals surface area contributed by atoms with Crippen LogP contribution in [-0.4, -0.2) is 22.5 Å². The lowest BCUT2D eigenvalue weighted by atomic mass is 10.4. The molecule has 1 unspecified atom stereocenters. The molecule has 0 bridgehead atoms. The maximum Gasteiger partial charge on any atom is 0.338 e. The van der Waals surface area contributed by atoms with Gasteiger partial charge in [0.15, 0.2) is 6.10 Å². The Balaban J connectivity index is 3.64. The Morgan fingerprint density at radius 1 is 1.55 bits per heavy atom. The smallest absolute Gasteiger partial charge is 0.338 e. The summed E-state index contributed by atoms with van der Waals surface area (Å²) in [5.74, 6) is -0.920. The Bertz CT molecular complexity index is 140. The third-order valence-corrected chi connectivity index (χ3v) is 1.04. The molecule has 0 spiro atoms. The Hall–Kier alpha value is 0.300. The van der Waals surface area contributed by atoms with E-state index in [0.717, 1.165) is 6.92 Å². The first-order chi connectivity index (χ1) is 4.83. The van der Waals surface area contributed by atoms with Crippen LogP contribution in [-0.2, 0) is 14.6 Å².